The molecule has 0 aliphatic rings. The molecule has 0 aliphatic heterocycles. The number of nitro benzene ring substituents is 1. The molecule has 36 heavy (non-hydrogen) atoms. The van der Waals surface area contributed by atoms with E-state index in [1.54, 1.807) is 36.5 Å². The van der Waals surface area contributed by atoms with Crippen molar-refractivity contribution in [2.45, 2.75) is 13.2 Å². The maximum absolute atomic E-state index is 12.1. The first kappa shape index (κ1) is 24.1. The second-order valence-electron chi connectivity index (χ2n) is 7.67. The van der Waals surface area contributed by atoms with Gasteiger partial charge in [-0.3, -0.25) is 14.9 Å². The van der Waals surface area contributed by atoms with E-state index < -0.39 is 4.92 Å². The van der Waals surface area contributed by atoms with E-state index in [9.17, 15) is 14.9 Å². The number of nitrogens with zero attached hydrogens (tertiary/aromatic N) is 4. The third-order valence-electron chi connectivity index (χ3n) is 5.14. The van der Waals surface area contributed by atoms with Crippen LogP contribution in [-0.4, -0.2) is 32.9 Å². The zero-order valence-electron chi connectivity index (χ0n) is 19.4. The topological polar surface area (TPSA) is 121 Å². The van der Waals surface area contributed by atoms with E-state index in [4.69, 9.17) is 9.47 Å². The number of hydrogen-bond donors (Lipinski definition) is 1. The van der Waals surface area contributed by atoms with Crippen LogP contribution in [0.25, 0.3) is 11.8 Å². The summed E-state index contributed by atoms with van der Waals surface area (Å²) in [6.45, 7) is 0.442. The minimum absolute atomic E-state index is 0.0333. The summed E-state index contributed by atoms with van der Waals surface area (Å²) in [5, 5.41) is 21.9. The fraction of sp³-hybridized carbons (Fsp3) is 0.115. The Labute approximate surface area is 206 Å². The van der Waals surface area contributed by atoms with Crippen LogP contribution >= 0.6 is 0 Å². The number of non-ortho nitro benzene ring substituents is 1. The maximum atomic E-state index is 12.1. The van der Waals surface area contributed by atoms with Gasteiger partial charge in [-0.1, -0.05) is 47.7 Å². The number of benzene rings is 3. The van der Waals surface area contributed by atoms with Crippen LogP contribution in [-0.2, 0) is 17.9 Å². The molecule has 3 aromatic carbocycles. The third kappa shape index (κ3) is 6.32. The van der Waals surface area contributed by atoms with Crippen molar-refractivity contribution in [1.29, 1.82) is 0 Å². The van der Waals surface area contributed by atoms with Gasteiger partial charge in [0.2, 0.25) is 5.91 Å². The van der Waals surface area contributed by atoms with Gasteiger partial charge in [0.15, 0.2) is 11.5 Å². The number of ether oxygens (including phenoxy) is 2. The molecule has 1 N–H and O–H groups in total. The van der Waals surface area contributed by atoms with Crippen LogP contribution in [0.2, 0.25) is 0 Å². The first-order chi connectivity index (χ1) is 17.5. The quantitative estimate of drug-likeness (QED) is 0.204. The van der Waals surface area contributed by atoms with Crippen LogP contribution < -0.4 is 14.8 Å². The molecule has 10 nitrogen and oxygen atoms in total. The Morgan fingerprint density at radius 3 is 2.69 bits per heavy atom. The van der Waals surface area contributed by atoms with Crippen molar-refractivity contribution in [2.75, 3.05) is 7.11 Å². The summed E-state index contributed by atoms with van der Waals surface area (Å²) >= 11 is 0. The van der Waals surface area contributed by atoms with E-state index in [1.165, 1.54) is 30.0 Å². The molecule has 0 saturated carbocycles. The maximum Gasteiger partial charge on any atom is 0.271 e. The Kier molecular flexibility index (Phi) is 7.66. The standard InChI is InChI=1S/C26H23N5O5/c1-35-25-14-20(16-27-26(32)13-11-19-6-3-2-4-7-19)10-12-24(25)36-18-21-17-30(29-28-21)22-8-5-9-23(15-22)31(33)34/h2-15,17H,16,18H2,1H3,(H,27,32)/b13-11+. The highest BCUT2D eigenvalue weighted by molar-refractivity contribution is 5.91. The van der Waals surface area contributed by atoms with E-state index in [2.05, 4.69) is 15.6 Å². The number of hydrogen-bond acceptors (Lipinski definition) is 7. The van der Waals surface area contributed by atoms with E-state index in [1.807, 2.05) is 36.4 Å². The van der Waals surface area contributed by atoms with E-state index in [0.717, 1.165) is 11.1 Å². The molecule has 0 unspecified atom stereocenters. The molecule has 0 saturated heterocycles. The fourth-order valence-corrected chi connectivity index (χ4v) is 3.32. The summed E-state index contributed by atoms with van der Waals surface area (Å²) < 4.78 is 12.7. The highest BCUT2D eigenvalue weighted by atomic mass is 16.6. The monoisotopic (exact) mass is 485 g/mol. The van der Waals surface area contributed by atoms with Crippen LogP contribution in [0.1, 0.15) is 16.8 Å². The van der Waals surface area contributed by atoms with Crippen LogP contribution in [0.5, 0.6) is 11.5 Å². The molecule has 0 aliphatic carbocycles. The Morgan fingerprint density at radius 2 is 1.92 bits per heavy atom. The molecule has 0 bridgehead atoms. The first-order valence-electron chi connectivity index (χ1n) is 11.0. The van der Waals surface area contributed by atoms with Crippen molar-refractivity contribution in [3.63, 3.8) is 0 Å². The molecule has 0 spiro atoms. The zero-order chi connectivity index (χ0) is 25.3. The summed E-state index contributed by atoms with van der Waals surface area (Å²) in [5.74, 6) is 0.805. The molecule has 182 valence electrons. The molecule has 1 aromatic heterocycles. The summed E-state index contributed by atoms with van der Waals surface area (Å²) in [6, 6.07) is 21.1. The van der Waals surface area contributed by atoms with Crippen molar-refractivity contribution in [1.82, 2.24) is 20.3 Å². The summed E-state index contributed by atoms with van der Waals surface area (Å²) in [4.78, 5) is 22.7. The minimum Gasteiger partial charge on any atom is -0.493 e. The van der Waals surface area contributed by atoms with Gasteiger partial charge in [-0.15, -0.1) is 5.10 Å². The van der Waals surface area contributed by atoms with Gasteiger partial charge in [0.05, 0.1) is 23.9 Å². The number of amides is 1. The molecular formula is C26H23N5O5. The molecule has 10 heteroatoms. The number of methoxy groups -OCH3 is 1. The van der Waals surface area contributed by atoms with Crippen molar-refractivity contribution in [3.05, 3.63) is 112 Å². The second kappa shape index (κ2) is 11.4. The van der Waals surface area contributed by atoms with Crippen LogP contribution in [0.3, 0.4) is 0 Å². The molecule has 1 amide bonds. The predicted molar refractivity (Wildman–Crippen MR) is 133 cm³/mol. The van der Waals surface area contributed by atoms with E-state index in [-0.39, 0.29) is 18.2 Å². The lowest BCUT2D eigenvalue weighted by Gasteiger charge is -2.11. The molecule has 1 heterocycles. The summed E-state index contributed by atoms with van der Waals surface area (Å²) in [5.41, 5.74) is 2.81. The lowest BCUT2D eigenvalue weighted by Crippen LogP contribution is -2.20. The van der Waals surface area contributed by atoms with Gasteiger partial charge in [-0.05, 0) is 35.4 Å². The Balaban J connectivity index is 1.34. The Morgan fingerprint density at radius 1 is 1.08 bits per heavy atom. The number of carbonyl (C=O) groups is 1. The highest BCUT2D eigenvalue weighted by Crippen LogP contribution is 2.29. The number of nitro groups is 1. The van der Waals surface area contributed by atoms with Crippen molar-refractivity contribution in [2.24, 2.45) is 0 Å². The Hall–Kier alpha value is -4.99. The van der Waals surface area contributed by atoms with Crippen molar-refractivity contribution >= 4 is 17.7 Å². The van der Waals surface area contributed by atoms with Gasteiger partial charge in [0.25, 0.3) is 5.69 Å². The highest BCUT2D eigenvalue weighted by Gasteiger charge is 2.11. The zero-order valence-corrected chi connectivity index (χ0v) is 19.4. The van der Waals surface area contributed by atoms with Crippen molar-refractivity contribution < 1.29 is 19.2 Å². The minimum atomic E-state index is -0.465. The number of carbonyl (C=O) groups excluding carboxylic acids is 1. The summed E-state index contributed by atoms with van der Waals surface area (Å²) in [7, 11) is 1.53. The van der Waals surface area contributed by atoms with Gasteiger partial charge < -0.3 is 14.8 Å². The average molecular weight is 486 g/mol. The van der Waals surface area contributed by atoms with Gasteiger partial charge >= 0.3 is 0 Å². The van der Waals surface area contributed by atoms with Crippen LogP contribution in [0.15, 0.2) is 85.1 Å². The second-order valence-corrected chi connectivity index (χ2v) is 7.67. The van der Waals surface area contributed by atoms with Crippen LogP contribution in [0, 0.1) is 10.1 Å². The fourth-order valence-electron chi connectivity index (χ4n) is 3.32. The largest absolute Gasteiger partial charge is 0.493 e. The number of rotatable bonds is 10. The molecule has 0 radical (unpaired) electrons. The van der Waals surface area contributed by atoms with Gasteiger partial charge in [-0.25, -0.2) is 4.68 Å². The van der Waals surface area contributed by atoms with Crippen molar-refractivity contribution in [3.8, 4) is 17.2 Å². The van der Waals surface area contributed by atoms with E-state index >= 15 is 0 Å². The molecule has 4 aromatic rings. The smallest absolute Gasteiger partial charge is 0.271 e. The lowest BCUT2D eigenvalue weighted by atomic mass is 10.2. The molecule has 4 rings (SSSR count). The van der Waals surface area contributed by atoms with Gasteiger partial charge in [0.1, 0.15) is 12.3 Å². The SMILES string of the molecule is COc1cc(CNC(=O)/C=C/c2ccccc2)ccc1OCc1cn(-c2cccc([N+](=O)[O-])c2)nn1. The number of aromatic nitrogens is 3. The predicted octanol–water partition coefficient (Wildman–Crippen LogP) is 4.09. The third-order valence-corrected chi connectivity index (χ3v) is 5.14. The number of nitrogens with one attached hydrogen (secondary N) is 1. The summed E-state index contributed by atoms with van der Waals surface area (Å²) in [6.07, 6.45) is 4.88. The average Bonchev–Trinajstić information content (AvgIpc) is 3.39. The van der Waals surface area contributed by atoms with E-state index in [0.29, 0.717) is 29.4 Å². The Bertz CT molecular complexity index is 1380. The normalized spacial score (nSPS) is 10.8. The van der Waals surface area contributed by atoms with Crippen LogP contribution in [0.4, 0.5) is 5.69 Å². The molecule has 0 atom stereocenters. The lowest BCUT2D eigenvalue weighted by molar-refractivity contribution is -0.384. The van der Waals surface area contributed by atoms with Gasteiger partial charge in [0, 0.05) is 24.8 Å². The first-order valence-corrected chi connectivity index (χ1v) is 11.0. The molecular weight excluding hydrogens is 462 g/mol. The van der Waals surface area contributed by atoms with Gasteiger partial charge in [-0.2, -0.15) is 0 Å². The molecule has 0 fully saturated rings.